The number of nitrogens with one attached hydrogen (secondary N) is 1. The number of rotatable bonds is 6. The molecule has 0 spiro atoms. The molecule has 0 heterocycles. The summed E-state index contributed by atoms with van der Waals surface area (Å²) in [7, 11) is 0. The fraction of sp³-hybridized carbons (Fsp3) is 0.562. The van der Waals surface area contributed by atoms with Crippen molar-refractivity contribution in [2.24, 2.45) is 5.92 Å². The summed E-state index contributed by atoms with van der Waals surface area (Å²) in [6.07, 6.45) is 3.50. The zero-order valence-corrected chi connectivity index (χ0v) is 13.8. The summed E-state index contributed by atoms with van der Waals surface area (Å²) in [5, 5.41) is 12.5. The van der Waals surface area contributed by atoms with Crippen molar-refractivity contribution < 1.29 is 14.6 Å². The van der Waals surface area contributed by atoms with Gasteiger partial charge >= 0.3 is 5.97 Å². The van der Waals surface area contributed by atoms with Gasteiger partial charge in [0.1, 0.15) is 11.9 Å². The van der Waals surface area contributed by atoms with Crippen LogP contribution in [-0.2, 0) is 4.79 Å². The molecule has 5 heteroatoms. The van der Waals surface area contributed by atoms with Crippen LogP contribution >= 0.6 is 15.9 Å². The van der Waals surface area contributed by atoms with E-state index in [1.165, 1.54) is 0 Å². The SMILES string of the molecule is CC(CNC1CCC(C(=O)O)CC1)Oc1ccc(Br)cc1. The fourth-order valence-electron chi connectivity index (χ4n) is 2.66. The Labute approximate surface area is 134 Å². The van der Waals surface area contributed by atoms with Crippen LogP contribution in [0.25, 0.3) is 0 Å². The first-order valence-corrected chi connectivity index (χ1v) is 8.22. The summed E-state index contributed by atoms with van der Waals surface area (Å²) in [6, 6.07) is 8.22. The van der Waals surface area contributed by atoms with Gasteiger partial charge in [-0.2, -0.15) is 0 Å². The molecule has 1 saturated carbocycles. The normalized spacial score (nSPS) is 23.5. The van der Waals surface area contributed by atoms with Crippen molar-refractivity contribution >= 4 is 21.9 Å². The van der Waals surface area contributed by atoms with Gasteiger partial charge in [-0.25, -0.2) is 0 Å². The molecule has 1 fully saturated rings. The summed E-state index contributed by atoms with van der Waals surface area (Å²) in [6.45, 7) is 2.82. The quantitative estimate of drug-likeness (QED) is 0.820. The van der Waals surface area contributed by atoms with E-state index in [2.05, 4.69) is 21.2 Å². The standard InChI is InChI=1S/C16H22BrNO3/c1-11(21-15-8-4-13(17)5-9-15)10-18-14-6-2-12(3-7-14)16(19)20/h4-5,8-9,11-12,14,18H,2-3,6-7,10H2,1H3,(H,19,20). The Hall–Kier alpha value is -1.07. The molecule has 0 bridgehead atoms. The minimum absolute atomic E-state index is 0.0865. The molecule has 21 heavy (non-hydrogen) atoms. The molecule has 2 rings (SSSR count). The number of halogens is 1. The Kier molecular flexibility index (Phi) is 6.06. The molecule has 2 N–H and O–H groups in total. The molecule has 116 valence electrons. The highest BCUT2D eigenvalue weighted by Gasteiger charge is 2.25. The molecule has 1 unspecified atom stereocenters. The maximum atomic E-state index is 10.9. The van der Waals surface area contributed by atoms with Gasteiger partial charge in [0, 0.05) is 17.1 Å². The minimum atomic E-state index is -0.652. The lowest BCUT2D eigenvalue weighted by Crippen LogP contribution is -2.39. The maximum Gasteiger partial charge on any atom is 0.306 e. The summed E-state index contributed by atoms with van der Waals surface area (Å²) < 4.78 is 6.88. The number of benzene rings is 1. The Balaban J connectivity index is 1.68. The lowest BCUT2D eigenvalue weighted by Gasteiger charge is -2.28. The third-order valence-corrected chi connectivity index (χ3v) is 4.45. The first-order valence-electron chi connectivity index (χ1n) is 7.43. The summed E-state index contributed by atoms with van der Waals surface area (Å²) in [4.78, 5) is 10.9. The highest BCUT2D eigenvalue weighted by molar-refractivity contribution is 9.10. The van der Waals surface area contributed by atoms with Crippen LogP contribution < -0.4 is 10.1 Å². The Morgan fingerprint density at radius 1 is 1.33 bits per heavy atom. The van der Waals surface area contributed by atoms with E-state index in [-0.39, 0.29) is 12.0 Å². The van der Waals surface area contributed by atoms with E-state index in [1.807, 2.05) is 31.2 Å². The zero-order valence-electron chi connectivity index (χ0n) is 12.2. The third kappa shape index (κ3) is 5.32. The van der Waals surface area contributed by atoms with E-state index in [0.717, 1.165) is 42.5 Å². The van der Waals surface area contributed by atoms with Crippen molar-refractivity contribution in [2.75, 3.05) is 6.54 Å². The van der Waals surface area contributed by atoms with Crippen LogP contribution in [0.1, 0.15) is 32.6 Å². The van der Waals surface area contributed by atoms with Crippen molar-refractivity contribution in [1.82, 2.24) is 5.32 Å². The van der Waals surface area contributed by atoms with Gasteiger partial charge in [0.2, 0.25) is 0 Å². The van der Waals surface area contributed by atoms with Crippen molar-refractivity contribution in [2.45, 2.75) is 44.8 Å². The zero-order chi connectivity index (χ0) is 15.2. The largest absolute Gasteiger partial charge is 0.489 e. The molecular weight excluding hydrogens is 334 g/mol. The topological polar surface area (TPSA) is 58.6 Å². The minimum Gasteiger partial charge on any atom is -0.489 e. The van der Waals surface area contributed by atoms with Crippen LogP contribution in [0.15, 0.2) is 28.7 Å². The molecule has 1 aromatic carbocycles. The van der Waals surface area contributed by atoms with Gasteiger partial charge in [-0.05, 0) is 56.9 Å². The van der Waals surface area contributed by atoms with E-state index >= 15 is 0 Å². The number of hydrogen-bond acceptors (Lipinski definition) is 3. The molecule has 1 aliphatic rings. The molecule has 0 saturated heterocycles. The number of carbonyl (C=O) groups is 1. The molecule has 4 nitrogen and oxygen atoms in total. The second-order valence-electron chi connectivity index (χ2n) is 5.68. The second kappa shape index (κ2) is 7.80. The molecule has 0 amide bonds. The van der Waals surface area contributed by atoms with Crippen molar-refractivity contribution in [3.8, 4) is 5.75 Å². The molecule has 0 aromatic heterocycles. The predicted molar refractivity (Wildman–Crippen MR) is 85.6 cm³/mol. The fourth-order valence-corrected chi connectivity index (χ4v) is 2.93. The monoisotopic (exact) mass is 355 g/mol. The van der Waals surface area contributed by atoms with Crippen LogP contribution in [0, 0.1) is 5.92 Å². The maximum absolute atomic E-state index is 10.9. The Bertz CT molecular complexity index is 455. The first-order chi connectivity index (χ1) is 10.0. The van der Waals surface area contributed by atoms with E-state index in [0.29, 0.717) is 6.04 Å². The Morgan fingerprint density at radius 2 is 1.95 bits per heavy atom. The molecule has 1 aliphatic carbocycles. The summed E-state index contributed by atoms with van der Waals surface area (Å²) in [5.74, 6) is 0.0574. The average Bonchev–Trinajstić information content (AvgIpc) is 2.48. The number of carboxylic acid groups (broad SMARTS) is 1. The first kappa shape index (κ1) is 16.3. The van der Waals surface area contributed by atoms with Crippen LogP contribution in [-0.4, -0.2) is 29.8 Å². The second-order valence-corrected chi connectivity index (χ2v) is 6.59. The number of aliphatic carboxylic acids is 1. The molecular formula is C16H22BrNO3. The van der Waals surface area contributed by atoms with Gasteiger partial charge in [0.05, 0.1) is 5.92 Å². The lowest BCUT2D eigenvalue weighted by molar-refractivity contribution is -0.142. The molecule has 0 radical (unpaired) electrons. The van der Waals surface area contributed by atoms with Crippen LogP contribution in [0.3, 0.4) is 0 Å². The number of carboxylic acids is 1. The van der Waals surface area contributed by atoms with Crippen molar-refractivity contribution in [3.05, 3.63) is 28.7 Å². The van der Waals surface area contributed by atoms with Crippen LogP contribution in [0.4, 0.5) is 0 Å². The van der Waals surface area contributed by atoms with Gasteiger partial charge in [-0.1, -0.05) is 15.9 Å². The average molecular weight is 356 g/mol. The Morgan fingerprint density at radius 3 is 2.52 bits per heavy atom. The van der Waals surface area contributed by atoms with Gasteiger partial charge < -0.3 is 15.2 Å². The van der Waals surface area contributed by atoms with Gasteiger partial charge in [-0.15, -0.1) is 0 Å². The van der Waals surface area contributed by atoms with E-state index in [4.69, 9.17) is 9.84 Å². The van der Waals surface area contributed by atoms with Gasteiger partial charge in [-0.3, -0.25) is 4.79 Å². The predicted octanol–water partition coefficient (Wildman–Crippen LogP) is 3.45. The number of ether oxygens (including phenoxy) is 1. The lowest BCUT2D eigenvalue weighted by atomic mass is 9.86. The number of hydrogen-bond donors (Lipinski definition) is 2. The van der Waals surface area contributed by atoms with Crippen molar-refractivity contribution in [1.29, 1.82) is 0 Å². The molecule has 0 aliphatic heterocycles. The van der Waals surface area contributed by atoms with Crippen LogP contribution in [0.5, 0.6) is 5.75 Å². The highest BCUT2D eigenvalue weighted by Crippen LogP contribution is 2.24. The molecule has 1 aromatic rings. The van der Waals surface area contributed by atoms with Gasteiger partial charge in [0.25, 0.3) is 0 Å². The highest BCUT2D eigenvalue weighted by atomic mass is 79.9. The summed E-state index contributed by atoms with van der Waals surface area (Å²) in [5.41, 5.74) is 0. The third-order valence-electron chi connectivity index (χ3n) is 3.92. The smallest absolute Gasteiger partial charge is 0.306 e. The van der Waals surface area contributed by atoms with E-state index < -0.39 is 5.97 Å². The van der Waals surface area contributed by atoms with Crippen LogP contribution in [0.2, 0.25) is 0 Å². The van der Waals surface area contributed by atoms with E-state index in [9.17, 15) is 4.79 Å². The molecule has 1 atom stereocenters. The summed E-state index contributed by atoms with van der Waals surface area (Å²) >= 11 is 3.40. The van der Waals surface area contributed by atoms with Gasteiger partial charge in [0.15, 0.2) is 0 Å². The van der Waals surface area contributed by atoms with Crippen molar-refractivity contribution in [3.63, 3.8) is 0 Å². The van der Waals surface area contributed by atoms with E-state index in [1.54, 1.807) is 0 Å².